The molecule has 1 saturated carbocycles. The number of pyridine rings is 2. The van der Waals surface area contributed by atoms with E-state index in [4.69, 9.17) is 26.4 Å². The summed E-state index contributed by atoms with van der Waals surface area (Å²) in [4.78, 5) is 38.6. The van der Waals surface area contributed by atoms with Crippen LogP contribution in [0.1, 0.15) is 68.4 Å². The Labute approximate surface area is 241 Å². The third-order valence-corrected chi connectivity index (χ3v) is 9.44. The number of anilines is 1. The Kier molecular flexibility index (Phi) is 6.81. The molecular weight excluding hydrogens is 548 g/mol. The van der Waals surface area contributed by atoms with Crippen molar-refractivity contribution >= 4 is 46.0 Å². The minimum absolute atomic E-state index is 0.190. The van der Waals surface area contributed by atoms with Crippen LogP contribution in [0.3, 0.4) is 0 Å². The zero-order valence-corrected chi connectivity index (χ0v) is 23.8. The summed E-state index contributed by atoms with van der Waals surface area (Å²) in [6, 6.07) is 4.01. The van der Waals surface area contributed by atoms with Gasteiger partial charge in [-0.1, -0.05) is 31.4 Å². The van der Waals surface area contributed by atoms with Crippen LogP contribution in [-0.2, 0) is 11.4 Å². The van der Waals surface area contributed by atoms with Crippen LogP contribution >= 0.6 is 22.9 Å². The first-order valence-electron chi connectivity index (χ1n) is 13.9. The lowest BCUT2D eigenvalue weighted by Crippen LogP contribution is -2.27. The minimum Gasteiger partial charge on any atom is -0.351 e. The first kappa shape index (κ1) is 25.7. The minimum atomic E-state index is -0.592. The summed E-state index contributed by atoms with van der Waals surface area (Å²) in [5.74, 6) is 2.28. The highest BCUT2D eigenvalue weighted by molar-refractivity contribution is 7.09. The fraction of sp³-hybridized carbons (Fsp3) is 0.464. The molecule has 1 amide bonds. The summed E-state index contributed by atoms with van der Waals surface area (Å²) >= 11 is 8.11. The Balaban J connectivity index is 1.42. The highest BCUT2D eigenvalue weighted by Crippen LogP contribution is 2.41. The first-order valence-corrected chi connectivity index (χ1v) is 15.2. The quantitative estimate of drug-likeness (QED) is 0.286. The topological polar surface area (TPSA) is 110 Å². The molecule has 0 radical (unpaired) electrons. The molecule has 2 N–H and O–H groups in total. The second-order valence-electron chi connectivity index (χ2n) is 11.1. The number of halogens is 1. The number of rotatable bonds is 6. The fourth-order valence-corrected chi connectivity index (χ4v) is 7.26. The number of carbonyl (C=O) groups excluding carboxylic acids is 1. The van der Waals surface area contributed by atoms with Crippen LogP contribution in [0.25, 0.3) is 22.3 Å². The number of imidazole rings is 1. The molecular formula is C28H31ClN8O2S. The summed E-state index contributed by atoms with van der Waals surface area (Å²) < 4.78 is 2.38. The van der Waals surface area contributed by atoms with Gasteiger partial charge in [-0.05, 0) is 49.7 Å². The van der Waals surface area contributed by atoms with Crippen molar-refractivity contribution in [3.8, 4) is 11.3 Å². The normalized spacial score (nSPS) is 24.9. The Morgan fingerprint density at radius 3 is 2.77 bits per heavy atom. The van der Waals surface area contributed by atoms with E-state index in [1.807, 2.05) is 23.7 Å². The maximum atomic E-state index is 11.8. The predicted octanol–water partition coefficient (Wildman–Crippen LogP) is 6.01. The van der Waals surface area contributed by atoms with Crippen molar-refractivity contribution in [2.45, 2.75) is 64.2 Å². The van der Waals surface area contributed by atoms with Gasteiger partial charge in [0.25, 0.3) is 0 Å². The number of nitrogens with zero attached hydrogens (tertiary/aromatic N) is 6. The molecule has 2 atom stereocenters. The van der Waals surface area contributed by atoms with E-state index in [2.05, 4.69) is 37.2 Å². The maximum absolute atomic E-state index is 11.8. The lowest BCUT2D eigenvalue weighted by Gasteiger charge is -2.30. The molecule has 1 unspecified atom stereocenters. The molecule has 2 aliphatic heterocycles. The molecule has 0 bridgehead atoms. The summed E-state index contributed by atoms with van der Waals surface area (Å²) in [5.41, 5.74) is 6.64. The van der Waals surface area contributed by atoms with Crippen molar-refractivity contribution < 1.29 is 9.63 Å². The number of carbonyl (C=O) groups is 1. The van der Waals surface area contributed by atoms with Crippen molar-refractivity contribution in [2.75, 3.05) is 11.4 Å². The van der Waals surface area contributed by atoms with Gasteiger partial charge < -0.3 is 14.3 Å². The number of hydroxylamine groups is 1. The smallest absolute Gasteiger partial charge is 0.351 e. The number of amides is 1. The molecule has 1 aliphatic carbocycles. The molecule has 208 valence electrons. The van der Waals surface area contributed by atoms with Crippen LogP contribution < -0.4 is 15.7 Å². The number of nitrogens with one attached hydrogen (secondary N) is 2. The number of aromatic nitrogens is 5. The number of fused-ring (bicyclic) bond motifs is 1. The van der Waals surface area contributed by atoms with Crippen LogP contribution in [0.2, 0.25) is 5.02 Å². The van der Waals surface area contributed by atoms with Crippen LogP contribution in [0.4, 0.5) is 10.7 Å². The molecule has 6 heterocycles. The van der Waals surface area contributed by atoms with Crippen LogP contribution in [0.15, 0.2) is 36.1 Å². The van der Waals surface area contributed by atoms with Gasteiger partial charge in [0.15, 0.2) is 6.17 Å². The van der Waals surface area contributed by atoms with Gasteiger partial charge in [-0.25, -0.2) is 19.7 Å². The van der Waals surface area contributed by atoms with Gasteiger partial charge in [0.2, 0.25) is 5.95 Å². The van der Waals surface area contributed by atoms with Gasteiger partial charge in [0, 0.05) is 42.6 Å². The number of hydrogen-bond acceptors (Lipinski definition) is 9. The molecule has 12 heteroatoms. The van der Waals surface area contributed by atoms with E-state index in [0.717, 1.165) is 65.1 Å². The summed E-state index contributed by atoms with van der Waals surface area (Å²) in [6.07, 6.45) is 11.2. The van der Waals surface area contributed by atoms with E-state index >= 15 is 0 Å². The van der Waals surface area contributed by atoms with Crippen molar-refractivity contribution in [1.29, 1.82) is 0 Å². The van der Waals surface area contributed by atoms with Crippen molar-refractivity contribution in [3.63, 3.8) is 0 Å². The zero-order chi connectivity index (χ0) is 27.2. The van der Waals surface area contributed by atoms with Gasteiger partial charge in [-0.15, -0.1) is 16.8 Å². The Morgan fingerprint density at radius 2 is 2.02 bits per heavy atom. The van der Waals surface area contributed by atoms with Crippen molar-refractivity contribution in [1.82, 2.24) is 35.3 Å². The van der Waals surface area contributed by atoms with Gasteiger partial charge in [0.1, 0.15) is 5.01 Å². The van der Waals surface area contributed by atoms with E-state index in [9.17, 15) is 4.79 Å². The van der Waals surface area contributed by atoms with E-state index in [1.54, 1.807) is 23.7 Å². The van der Waals surface area contributed by atoms with Gasteiger partial charge in [0.05, 0.1) is 33.5 Å². The second kappa shape index (κ2) is 10.6. The van der Waals surface area contributed by atoms with Gasteiger partial charge in [-0.3, -0.25) is 10.3 Å². The monoisotopic (exact) mass is 578 g/mol. The SMILES string of the molecule is CC1CCC(Cn2c(N3CCC[C@H]3c3nccs3)nc3cc(C4NOC(=O)N4)nc(-c4cncc(Cl)c4)c32)CC1. The van der Waals surface area contributed by atoms with E-state index in [-0.39, 0.29) is 6.04 Å². The third kappa shape index (κ3) is 4.80. The molecule has 4 aromatic heterocycles. The molecule has 40 heavy (non-hydrogen) atoms. The zero-order valence-electron chi connectivity index (χ0n) is 22.2. The average Bonchev–Trinajstić information content (AvgIpc) is 3.76. The Hall–Kier alpha value is -3.28. The summed E-state index contributed by atoms with van der Waals surface area (Å²) in [6.45, 7) is 4.13. The average molecular weight is 579 g/mol. The van der Waals surface area contributed by atoms with Crippen molar-refractivity contribution in [2.24, 2.45) is 11.8 Å². The predicted molar refractivity (Wildman–Crippen MR) is 154 cm³/mol. The lowest BCUT2D eigenvalue weighted by atomic mass is 9.83. The highest BCUT2D eigenvalue weighted by atomic mass is 35.5. The summed E-state index contributed by atoms with van der Waals surface area (Å²) in [5, 5.41) is 6.47. The second-order valence-corrected chi connectivity index (χ2v) is 12.5. The summed E-state index contributed by atoms with van der Waals surface area (Å²) in [7, 11) is 0. The van der Waals surface area contributed by atoms with Crippen LogP contribution in [0.5, 0.6) is 0 Å². The van der Waals surface area contributed by atoms with E-state index in [1.165, 1.54) is 25.7 Å². The van der Waals surface area contributed by atoms with Crippen LogP contribution in [0, 0.1) is 11.8 Å². The standard InChI is InChI=1S/C28H31ClN8O2S/c1-16-4-6-17(7-5-16)15-37-24-20(33-27(37)36-9-2-3-22(36)26-31-8-10-40-26)12-21(25-34-28(38)39-35-25)32-23(24)18-11-19(29)14-30-13-18/h8,10-14,16-17,22,25,35H,2-7,9,15H2,1H3,(H,34,38)/t16?,17?,22-,25?/m0/s1. The fourth-order valence-electron chi connectivity index (χ4n) is 6.30. The van der Waals surface area contributed by atoms with Crippen LogP contribution in [-0.4, -0.2) is 37.1 Å². The lowest BCUT2D eigenvalue weighted by molar-refractivity contribution is 0.121. The molecule has 4 aromatic rings. The molecule has 10 nitrogen and oxygen atoms in total. The Bertz CT molecular complexity index is 1530. The first-order chi connectivity index (χ1) is 19.5. The highest BCUT2D eigenvalue weighted by Gasteiger charge is 2.34. The Morgan fingerprint density at radius 1 is 1.15 bits per heavy atom. The number of thiazole rings is 1. The van der Waals surface area contributed by atoms with Gasteiger partial charge in [-0.2, -0.15) is 0 Å². The van der Waals surface area contributed by atoms with Gasteiger partial charge >= 0.3 is 6.09 Å². The molecule has 0 aromatic carbocycles. The molecule has 2 saturated heterocycles. The van der Waals surface area contributed by atoms with E-state index < -0.39 is 12.3 Å². The molecule has 3 fully saturated rings. The molecule has 7 rings (SSSR count). The van der Waals surface area contributed by atoms with E-state index in [0.29, 0.717) is 16.6 Å². The molecule has 3 aliphatic rings. The van der Waals surface area contributed by atoms with Crippen molar-refractivity contribution in [3.05, 3.63) is 51.8 Å². The number of hydrogen-bond donors (Lipinski definition) is 2. The maximum Gasteiger partial charge on any atom is 0.427 e. The largest absolute Gasteiger partial charge is 0.427 e. The molecule has 0 spiro atoms. The third-order valence-electron chi connectivity index (χ3n) is 8.35.